The summed E-state index contributed by atoms with van der Waals surface area (Å²) < 4.78 is 0. The van der Waals surface area contributed by atoms with Crippen molar-refractivity contribution in [1.82, 2.24) is 0 Å². The maximum absolute atomic E-state index is 12.7. The van der Waals surface area contributed by atoms with Crippen LogP contribution in [-0.2, 0) is 9.59 Å². The molecule has 2 bridgehead atoms. The Hall–Kier alpha value is -1.06. The van der Waals surface area contributed by atoms with E-state index >= 15 is 0 Å². The van der Waals surface area contributed by atoms with E-state index in [-0.39, 0.29) is 23.7 Å². The third-order valence-corrected chi connectivity index (χ3v) is 5.63. The van der Waals surface area contributed by atoms with E-state index in [0.717, 1.165) is 19.3 Å². The predicted octanol–water partition coefficient (Wildman–Crippen LogP) is 3.53. The second-order valence-corrected chi connectivity index (χ2v) is 6.84. The Morgan fingerprint density at radius 3 is 2.20 bits per heavy atom. The molecule has 104 valence electrons. The Morgan fingerprint density at radius 2 is 1.60 bits per heavy atom. The lowest BCUT2D eigenvalue weighted by Gasteiger charge is -2.19. The molecule has 0 unspecified atom stereocenters. The minimum absolute atomic E-state index is 0.0867. The summed E-state index contributed by atoms with van der Waals surface area (Å²) in [5, 5.41) is 0.869. The van der Waals surface area contributed by atoms with Gasteiger partial charge in [-0.1, -0.05) is 23.2 Å². The van der Waals surface area contributed by atoms with Gasteiger partial charge in [-0.2, -0.15) is 0 Å². The molecule has 2 aliphatic carbocycles. The van der Waals surface area contributed by atoms with Crippen molar-refractivity contribution in [2.24, 2.45) is 23.7 Å². The number of imide groups is 1. The van der Waals surface area contributed by atoms with Crippen molar-refractivity contribution in [3.63, 3.8) is 0 Å². The Bertz CT molecular complexity index is 602. The van der Waals surface area contributed by atoms with E-state index in [1.165, 1.54) is 4.90 Å². The van der Waals surface area contributed by atoms with Crippen LogP contribution in [0.1, 0.15) is 19.3 Å². The molecule has 1 heterocycles. The highest BCUT2D eigenvalue weighted by Crippen LogP contribution is 2.57. The van der Waals surface area contributed by atoms with Gasteiger partial charge in [0.2, 0.25) is 11.8 Å². The molecule has 0 aromatic heterocycles. The molecule has 0 radical (unpaired) electrons. The first-order chi connectivity index (χ1) is 9.58. The third-order valence-electron chi connectivity index (χ3n) is 5.08. The van der Waals surface area contributed by atoms with Gasteiger partial charge in [0.05, 0.1) is 22.5 Å². The van der Waals surface area contributed by atoms with Gasteiger partial charge >= 0.3 is 0 Å². The molecule has 1 aromatic rings. The molecule has 1 saturated heterocycles. The minimum atomic E-state index is -0.128. The maximum Gasteiger partial charge on any atom is 0.238 e. The minimum Gasteiger partial charge on any atom is -0.274 e. The van der Waals surface area contributed by atoms with Gasteiger partial charge in [0.1, 0.15) is 0 Å². The van der Waals surface area contributed by atoms with Crippen LogP contribution in [0.3, 0.4) is 0 Å². The average molecular weight is 310 g/mol. The lowest BCUT2D eigenvalue weighted by molar-refractivity contribution is -0.123. The lowest BCUT2D eigenvalue weighted by atomic mass is 9.81. The van der Waals surface area contributed by atoms with E-state index in [2.05, 4.69) is 0 Å². The van der Waals surface area contributed by atoms with Crippen molar-refractivity contribution in [3.8, 4) is 0 Å². The van der Waals surface area contributed by atoms with Crippen LogP contribution in [0.4, 0.5) is 5.69 Å². The Morgan fingerprint density at radius 1 is 1.00 bits per heavy atom. The summed E-state index contributed by atoms with van der Waals surface area (Å²) in [5.74, 6) is 0.328. The number of nitrogens with zero attached hydrogens (tertiary/aromatic N) is 1. The fourth-order valence-corrected chi connectivity index (χ4v) is 4.67. The third kappa shape index (κ3) is 1.54. The van der Waals surface area contributed by atoms with Crippen LogP contribution < -0.4 is 4.90 Å². The van der Waals surface area contributed by atoms with Gasteiger partial charge in [0, 0.05) is 5.02 Å². The molecule has 4 rings (SSSR count). The molecule has 0 spiro atoms. The second-order valence-electron chi connectivity index (χ2n) is 5.99. The number of amides is 2. The van der Waals surface area contributed by atoms with Gasteiger partial charge in [-0.25, -0.2) is 4.90 Å². The zero-order valence-corrected chi connectivity index (χ0v) is 12.2. The monoisotopic (exact) mass is 309 g/mol. The molecular weight excluding hydrogens is 297 g/mol. The van der Waals surface area contributed by atoms with Crippen LogP contribution in [0.2, 0.25) is 10.0 Å². The largest absolute Gasteiger partial charge is 0.274 e. The van der Waals surface area contributed by atoms with E-state index in [9.17, 15) is 9.59 Å². The lowest BCUT2D eigenvalue weighted by Crippen LogP contribution is -2.33. The van der Waals surface area contributed by atoms with Crippen LogP contribution in [-0.4, -0.2) is 11.8 Å². The van der Waals surface area contributed by atoms with Crippen molar-refractivity contribution in [1.29, 1.82) is 0 Å². The molecule has 1 aliphatic heterocycles. The van der Waals surface area contributed by atoms with Crippen molar-refractivity contribution in [2.75, 3.05) is 4.90 Å². The number of halogens is 2. The fraction of sp³-hybridized carbons (Fsp3) is 0.467. The summed E-state index contributed by atoms with van der Waals surface area (Å²) >= 11 is 12.1. The van der Waals surface area contributed by atoms with E-state index < -0.39 is 0 Å². The summed E-state index contributed by atoms with van der Waals surface area (Å²) in [7, 11) is 0. The first-order valence-electron chi connectivity index (χ1n) is 6.91. The Balaban J connectivity index is 1.79. The molecule has 3 aliphatic rings. The normalized spacial score (nSPS) is 35.0. The van der Waals surface area contributed by atoms with Crippen LogP contribution in [0.15, 0.2) is 18.2 Å². The van der Waals surface area contributed by atoms with Crippen molar-refractivity contribution >= 4 is 40.7 Å². The molecule has 2 saturated carbocycles. The molecule has 3 fully saturated rings. The number of fused-ring (bicyclic) bond motifs is 5. The van der Waals surface area contributed by atoms with Gasteiger partial charge in [0.25, 0.3) is 0 Å². The van der Waals surface area contributed by atoms with Gasteiger partial charge in [-0.3, -0.25) is 9.59 Å². The number of anilines is 1. The van der Waals surface area contributed by atoms with Gasteiger partial charge in [-0.15, -0.1) is 0 Å². The number of hydrogen-bond donors (Lipinski definition) is 0. The SMILES string of the molecule is O=C1[C@H]2[C@H]3CC[C@@H](C3)[C@@H]2C(=O)N1c1cc(Cl)ccc1Cl. The standard InChI is InChI=1S/C15H13Cl2NO2/c16-9-3-4-10(17)11(6-9)18-14(19)12-7-1-2-8(5-7)13(12)15(18)20/h3-4,6-8,12-13H,1-2,5H2/t7-,8-,12-,13-/m0/s1. The molecule has 2 amide bonds. The molecule has 4 atom stereocenters. The highest BCUT2D eigenvalue weighted by molar-refractivity contribution is 6.37. The topological polar surface area (TPSA) is 37.4 Å². The van der Waals surface area contributed by atoms with Gasteiger partial charge < -0.3 is 0 Å². The quantitative estimate of drug-likeness (QED) is 0.744. The summed E-state index contributed by atoms with van der Waals surface area (Å²) in [6.07, 6.45) is 3.17. The van der Waals surface area contributed by atoms with Crippen molar-refractivity contribution < 1.29 is 9.59 Å². The second kappa shape index (κ2) is 4.22. The van der Waals surface area contributed by atoms with Crippen LogP contribution in [0.25, 0.3) is 0 Å². The number of hydrogen-bond acceptors (Lipinski definition) is 2. The van der Waals surface area contributed by atoms with E-state index in [1.807, 2.05) is 0 Å². The van der Waals surface area contributed by atoms with Gasteiger partial charge in [0.15, 0.2) is 0 Å². The van der Waals surface area contributed by atoms with E-state index in [0.29, 0.717) is 27.6 Å². The highest BCUT2D eigenvalue weighted by atomic mass is 35.5. The van der Waals surface area contributed by atoms with Crippen molar-refractivity contribution in [2.45, 2.75) is 19.3 Å². The van der Waals surface area contributed by atoms with Gasteiger partial charge in [-0.05, 0) is 49.3 Å². The summed E-state index contributed by atoms with van der Waals surface area (Å²) in [4.78, 5) is 26.6. The highest BCUT2D eigenvalue weighted by Gasteiger charge is 2.61. The summed E-state index contributed by atoms with van der Waals surface area (Å²) in [6.45, 7) is 0. The molecule has 5 heteroatoms. The van der Waals surface area contributed by atoms with E-state index in [1.54, 1.807) is 18.2 Å². The van der Waals surface area contributed by atoms with Crippen LogP contribution in [0, 0.1) is 23.7 Å². The summed E-state index contributed by atoms with van der Waals surface area (Å²) in [5.41, 5.74) is 0.433. The Kier molecular flexibility index (Phi) is 2.67. The molecule has 1 aromatic carbocycles. The molecule has 3 nitrogen and oxygen atoms in total. The molecule has 0 N–H and O–H groups in total. The van der Waals surface area contributed by atoms with Crippen LogP contribution in [0.5, 0.6) is 0 Å². The Labute approximate surface area is 126 Å². The zero-order chi connectivity index (χ0) is 14.0. The number of carbonyl (C=O) groups is 2. The summed E-state index contributed by atoms with van der Waals surface area (Å²) in [6, 6.07) is 4.88. The smallest absolute Gasteiger partial charge is 0.238 e. The molecular formula is C15H13Cl2NO2. The number of rotatable bonds is 1. The first kappa shape index (κ1) is 12.7. The van der Waals surface area contributed by atoms with Crippen LogP contribution >= 0.6 is 23.2 Å². The zero-order valence-electron chi connectivity index (χ0n) is 10.7. The average Bonchev–Trinajstić information content (AvgIpc) is 3.08. The molecule has 20 heavy (non-hydrogen) atoms. The maximum atomic E-state index is 12.7. The first-order valence-corrected chi connectivity index (χ1v) is 7.66. The number of carbonyl (C=O) groups excluding carboxylic acids is 2. The fourth-order valence-electron chi connectivity index (χ4n) is 4.30. The van der Waals surface area contributed by atoms with Crippen molar-refractivity contribution in [3.05, 3.63) is 28.2 Å². The van der Waals surface area contributed by atoms with E-state index in [4.69, 9.17) is 23.2 Å². The predicted molar refractivity (Wildman–Crippen MR) is 76.8 cm³/mol. The number of benzene rings is 1.